The molecule has 0 aliphatic rings. The molecule has 3 N–H and O–H groups in total. The van der Waals surface area contributed by atoms with Crippen LogP contribution in [0.1, 0.15) is 30.6 Å². The average molecular weight is 269 g/mol. The van der Waals surface area contributed by atoms with Crippen molar-refractivity contribution in [3.8, 4) is 5.75 Å². The van der Waals surface area contributed by atoms with Gasteiger partial charge in [-0.05, 0) is 24.1 Å². The van der Waals surface area contributed by atoms with Gasteiger partial charge in [0, 0.05) is 11.6 Å². The van der Waals surface area contributed by atoms with Crippen molar-refractivity contribution in [1.82, 2.24) is 5.32 Å². The highest BCUT2D eigenvalue weighted by molar-refractivity contribution is 5.95. The third kappa shape index (κ3) is 4.24. The first kappa shape index (κ1) is 14.9. The van der Waals surface area contributed by atoms with Gasteiger partial charge in [-0.15, -0.1) is 0 Å². The molecule has 1 atom stereocenters. The van der Waals surface area contributed by atoms with Crippen molar-refractivity contribution in [2.45, 2.75) is 26.3 Å². The Balaban J connectivity index is 2.81. The molecule has 0 fully saturated rings. The number of aromatic hydroxyl groups is 1. The molecule has 0 aliphatic carbocycles. The molecule has 0 aliphatic heterocycles. The topological polar surface area (TPSA) is 86.6 Å². The minimum atomic E-state index is -1.01. The third-order valence-corrected chi connectivity index (χ3v) is 2.72. The number of aliphatic carboxylic acids is 1. The van der Waals surface area contributed by atoms with Crippen molar-refractivity contribution >= 4 is 11.9 Å². The van der Waals surface area contributed by atoms with E-state index >= 15 is 0 Å². The maximum absolute atomic E-state index is 12.9. The van der Waals surface area contributed by atoms with Crippen LogP contribution in [-0.4, -0.2) is 28.1 Å². The quantitative estimate of drug-likeness (QED) is 0.760. The average Bonchev–Trinajstić information content (AvgIpc) is 2.31. The Hall–Kier alpha value is -2.11. The maximum Gasteiger partial charge on any atom is 0.305 e. The number of phenols is 1. The van der Waals surface area contributed by atoms with Gasteiger partial charge >= 0.3 is 5.97 Å². The van der Waals surface area contributed by atoms with E-state index in [2.05, 4.69) is 5.32 Å². The highest BCUT2D eigenvalue weighted by Gasteiger charge is 2.20. The highest BCUT2D eigenvalue weighted by Crippen LogP contribution is 2.17. The van der Waals surface area contributed by atoms with Gasteiger partial charge in [-0.2, -0.15) is 0 Å². The van der Waals surface area contributed by atoms with Crippen LogP contribution < -0.4 is 5.32 Å². The largest absolute Gasteiger partial charge is 0.505 e. The summed E-state index contributed by atoms with van der Waals surface area (Å²) in [5.41, 5.74) is 0.0786. The number of hydrogen-bond donors (Lipinski definition) is 3. The molecule has 0 saturated carbocycles. The lowest BCUT2D eigenvalue weighted by atomic mass is 10.0. The van der Waals surface area contributed by atoms with Gasteiger partial charge in [0.2, 0.25) is 0 Å². The Bertz CT molecular complexity index is 488. The summed E-state index contributed by atoms with van der Waals surface area (Å²) in [6.45, 7) is 3.58. The molecule has 0 saturated heterocycles. The molecular formula is C13H16FNO4. The van der Waals surface area contributed by atoms with Gasteiger partial charge in [-0.1, -0.05) is 13.8 Å². The Morgan fingerprint density at radius 1 is 1.37 bits per heavy atom. The monoisotopic (exact) mass is 269 g/mol. The molecule has 6 heteroatoms. The fraction of sp³-hybridized carbons (Fsp3) is 0.385. The number of rotatable bonds is 5. The number of carbonyl (C=O) groups excluding carboxylic acids is 1. The number of nitrogens with one attached hydrogen (secondary N) is 1. The van der Waals surface area contributed by atoms with Gasteiger partial charge in [0.05, 0.1) is 6.42 Å². The number of carbonyl (C=O) groups is 2. The molecule has 1 aromatic rings. The van der Waals surface area contributed by atoms with Crippen LogP contribution in [0, 0.1) is 11.7 Å². The van der Waals surface area contributed by atoms with Crippen molar-refractivity contribution in [1.29, 1.82) is 0 Å². The molecule has 0 heterocycles. The predicted molar refractivity (Wildman–Crippen MR) is 66.4 cm³/mol. The van der Waals surface area contributed by atoms with E-state index in [1.807, 2.05) is 0 Å². The standard InChI is InChI=1S/C13H16FNO4/c1-7(2)10(6-12(17)18)15-13(19)8-3-4-9(14)11(16)5-8/h3-5,7,10,16H,6H2,1-2H3,(H,15,19)(H,17,18)/t10-/m1/s1. The van der Waals surface area contributed by atoms with Crippen molar-refractivity contribution in [2.24, 2.45) is 5.92 Å². The molecule has 0 unspecified atom stereocenters. The summed E-state index contributed by atoms with van der Waals surface area (Å²) in [6.07, 6.45) is -0.198. The fourth-order valence-corrected chi connectivity index (χ4v) is 1.55. The molecule has 0 aromatic heterocycles. The van der Waals surface area contributed by atoms with Crippen molar-refractivity contribution in [3.63, 3.8) is 0 Å². The van der Waals surface area contributed by atoms with Crippen molar-refractivity contribution in [2.75, 3.05) is 0 Å². The fourth-order valence-electron chi connectivity index (χ4n) is 1.55. The lowest BCUT2D eigenvalue weighted by Gasteiger charge is -2.20. The normalized spacial score (nSPS) is 12.2. The number of carboxylic acids is 1. The van der Waals surface area contributed by atoms with Crippen molar-refractivity contribution in [3.05, 3.63) is 29.6 Å². The Morgan fingerprint density at radius 2 is 2.00 bits per heavy atom. The van der Waals surface area contributed by atoms with Crippen LogP contribution in [0.25, 0.3) is 0 Å². The molecule has 0 radical (unpaired) electrons. The van der Waals surface area contributed by atoms with Crippen LogP contribution in [0.15, 0.2) is 18.2 Å². The number of phenolic OH excluding ortho intramolecular Hbond substituents is 1. The molecule has 1 aromatic carbocycles. The third-order valence-electron chi connectivity index (χ3n) is 2.72. The van der Waals surface area contributed by atoms with E-state index in [0.29, 0.717) is 0 Å². The number of benzene rings is 1. The molecule has 104 valence electrons. The summed E-state index contributed by atoms with van der Waals surface area (Å²) < 4.78 is 12.9. The second-order valence-corrected chi connectivity index (χ2v) is 4.59. The molecule has 0 spiro atoms. The SMILES string of the molecule is CC(C)[C@@H](CC(=O)O)NC(=O)c1ccc(F)c(O)c1. The van der Waals surface area contributed by atoms with Gasteiger partial charge in [-0.3, -0.25) is 9.59 Å². The van der Waals surface area contributed by atoms with E-state index in [0.717, 1.165) is 12.1 Å². The molecular weight excluding hydrogens is 253 g/mol. The van der Waals surface area contributed by atoms with Gasteiger partial charge in [0.15, 0.2) is 11.6 Å². The first-order valence-corrected chi connectivity index (χ1v) is 5.82. The van der Waals surface area contributed by atoms with E-state index in [-0.39, 0.29) is 17.9 Å². The van der Waals surface area contributed by atoms with Crippen LogP contribution in [0.4, 0.5) is 4.39 Å². The van der Waals surface area contributed by atoms with Gasteiger partial charge in [0.25, 0.3) is 5.91 Å². The van der Waals surface area contributed by atoms with Crippen LogP contribution in [-0.2, 0) is 4.79 Å². The Morgan fingerprint density at radius 3 is 2.47 bits per heavy atom. The van der Waals surface area contributed by atoms with Gasteiger partial charge in [0.1, 0.15) is 0 Å². The molecule has 19 heavy (non-hydrogen) atoms. The summed E-state index contributed by atoms with van der Waals surface area (Å²) in [5.74, 6) is -3.06. The summed E-state index contributed by atoms with van der Waals surface area (Å²) in [4.78, 5) is 22.6. The van der Waals surface area contributed by atoms with E-state index in [1.165, 1.54) is 6.07 Å². The number of hydrogen-bond acceptors (Lipinski definition) is 3. The number of amides is 1. The minimum absolute atomic E-state index is 0.0610. The highest BCUT2D eigenvalue weighted by atomic mass is 19.1. The number of carboxylic acid groups (broad SMARTS) is 1. The van der Waals surface area contributed by atoms with Crippen LogP contribution in [0.2, 0.25) is 0 Å². The van der Waals surface area contributed by atoms with E-state index < -0.39 is 29.5 Å². The minimum Gasteiger partial charge on any atom is -0.505 e. The van der Waals surface area contributed by atoms with Gasteiger partial charge < -0.3 is 15.5 Å². The van der Waals surface area contributed by atoms with Gasteiger partial charge in [-0.25, -0.2) is 4.39 Å². The van der Waals surface area contributed by atoms with Crippen molar-refractivity contribution < 1.29 is 24.2 Å². The molecule has 1 amide bonds. The zero-order chi connectivity index (χ0) is 14.6. The van der Waals surface area contributed by atoms with E-state index in [1.54, 1.807) is 13.8 Å². The molecule has 0 bridgehead atoms. The van der Waals surface area contributed by atoms with E-state index in [9.17, 15) is 19.1 Å². The number of halogens is 1. The maximum atomic E-state index is 12.9. The van der Waals surface area contributed by atoms with E-state index in [4.69, 9.17) is 5.11 Å². The summed E-state index contributed by atoms with van der Waals surface area (Å²) in [6, 6.07) is 2.68. The Kier molecular flexibility index (Phi) is 4.86. The predicted octanol–water partition coefficient (Wildman–Crippen LogP) is 1.76. The second-order valence-electron chi connectivity index (χ2n) is 4.59. The van der Waals surface area contributed by atoms with Crippen LogP contribution in [0.3, 0.4) is 0 Å². The molecule has 5 nitrogen and oxygen atoms in total. The Labute approximate surface area is 110 Å². The first-order chi connectivity index (χ1) is 8.81. The lowest BCUT2D eigenvalue weighted by molar-refractivity contribution is -0.137. The summed E-state index contributed by atoms with van der Waals surface area (Å²) in [5, 5.41) is 20.5. The molecule has 1 rings (SSSR count). The summed E-state index contributed by atoms with van der Waals surface area (Å²) in [7, 11) is 0. The zero-order valence-corrected chi connectivity index (χ0v) is 10.7. The summed E-state index contributed by atoms with van der Waals surface area (Å²) >= 11 is 0. The zero-order valence-electron chi connectivity index (χ0n) is 10.7. The second kappa shape index (κ2) is 6.17. The van der Waals surface area contributed by atoms with Crippen LogP contribution in [0.5, 0.6) is 5.75 Å². The smallest absolute Gasteiger partial charge is 0.305 e. The van der Waals surface area contributed by atoms with Crippen LogP contribution >= 0.6 is 0 Å². The first-order valence-electron chi connectivity index (χ1n) is 5.82. The lowest BCUT2D eigenvalue weighted by Crippen LogP contribution is -2.40.